The van der Waals surface area contributed by atoms with E-state index in [9.17, 15) is 4.79 Å². The van der Waals surface area contributed by atoms with Gasteiger partial charge in [-0.2, -0.15) is 4.98 Å². The molecule has 10 heteroatoms. The number of piperazine rings is 1. The van der Waals surface area contributed by atoms with Gasteiger partial charge in [0, 0.05) is 65.0 Å². The Morgan fingerprint density at radius 1 is 1.12 bits per heavy atom. The maximum absolute atomic E-state index is 12.4. The summed E-state index contributed by atoms with van der Waals surface area (Å²) >= 11 is 0. The van der Waals surface area contributed by atoms with Crippen LogP contribution in [0.15, 0.2) is 33.9 Å². The number of carbonyl (C=O) groups excluding carboxylic acids is 1. The van der Waals surface area contributed by atoms with Crippen LogP contribution in [0.3, 0.4) is 0 Å². The molecule has 0 radical (unpaired) electrons. The largest absolute Gasteiger partial charge is 0.357 e. The van der Waals surface area contributed by atoms with E-state index < -0.39 is 0 Å². The molecule has 2 aliphatic heterocycles. The van der Waals surface area contributed by atoms with Crippen LogP contribution in [0.1, 0.15) is 25.6 Å². The first kappa shape index (κ1) is 22.2. The molecule has 0 spiro atoms. The fourth-order valence-electron chi connectivity index (χ4n) is 4.01. The number of nitrogens with zero attached hydrogens (tertiary/aromatic N) is 7. The van der Waals surface area contributed by atoms with E-state index in [1.54, 1.807) is 6.20 Å². The number of aromatic nitrogens is 3. The first-order valence-electron chi connectivity index (χ1n) is 11.5. The summed E-state index contributed by atoms with van der Waals surface area (Å²) < 4.78 is 5.32. The van der Waals surface area contributed by atoms with Gasteiger partial charge in [0.05, 0.1) is 6.54 Å². The standard InChI is InChI=1S/C22H32N8O2/c1-2-23-22(25-10-8-19-26-21(32-27-19)18-7-3-4-9-24-18)30-15-13-28(14-16-30)17-20(31)29-11-5-6-12-29/h3-4,7,9H,2,5-6,8,10-17H2,1H3,(H,23,25). The van der Waals surface area contributed by atoms with Crippen molar-refractivity contribution in [3.63, 3.8) is 0 Å². The Balaban J connectivity index is 1.26. The third-order valence-corrected chi connectivity index (χ3v) is 5.77. The fraction of sp³-hybridized carbons (Fsp3) is 0.591. The van der Waals surface area contributed by atoms with Crippen LogP contribution in [-0.2, 0) is 11.2 Å². The third-order valence-electron chi connectivity index (χ3n) is 5.77. The zero-order chi connectivity index (χ0) is 22.2. The van der Waals surface area contributed by atoms with Crippen molar-refractivity contribution in [1.29, 1.82) is 0 Å². The SMILES string of the molecule is CCNC(=NCCc1noc(-c2ccccn2)n1)N1CCN(CC(=O)N2CCCC2)CC1. The number of hydrogen-bond acceptors (Lipinski definition) is 7. The molecular weight excluding hydrogens is 408 g/mol. The zero-order valence-electron chi connectivity index (χ0n) is 18.7. The topological polar surface area (TPSA) is 103 Å². The molecule has 4 rings (SSSR count). The first-order chi connectivity index (χ1) is 15.7. The molecule has 0 atom stereocenters. The smallest absolute Gasteiger partial charge is 0.276 e. The van der Waals surface area contributed by atoms with Gasteiger partial charge in [0.15, 0.2) is 11.8 Å². The van der Waals surface area contributed by atoms with Crippen molar-refractivity contribution in [1.82, 2.24) is 35.1 Å². The highest BCUT2D eigenvalue weighted by molar-refractivity contribution is 5.80. The van der Waals surface area contributed by atoms with Crippen LogP contribution >= 0.6 is 0 Å². The summed E-state index contributed by atoms with van der Waals surface area (Å²) in [5, 5.41) is 7.42. The fourth-order valence-corrected chi connectivity index (χ4v) is 4.01. The molecule has 2 aliphatic rings. The van der Waals surface area contributed by atoms with Crippen LogP contribution < -0.4 is 5.32 Å². The van der Waals surface area contributed by atoms with Crippen molar-refractivity contribution >= 4 is 11.9 Å². The monoisotopic (exact) mass is 440 g/mol. The molecule has 2 aromatic heterocycles. The van der Waals surface area contributed by atoms with Gasteiger partial charge in [-0.3, -0.25) is 19.7 Å². The number of guanidine groups is 1. The number of amides is 1. The Kier molecular flexibility index (Phi) is 7.65. The van der Waals surface area contributed by atoms with Crippen molar-refractivity contribution in [3.05, 3.63) is 30.2 Å². The molecular formula is C22H32N8O2. The zero-order valence-corrected chi connectivity index (χ0v) is 18.7. The van der Waals surface area contributed by atoms with Crippen molar-refractivity contribution in [2.24, 2.45) is 4.99 Å². The summed E-state index contributed by atoms with van der Waals surface area (Å²) in [6.45, 7) is 9.23. The molecule has 4 heterocycles. The lowest BCUT2D eigenvalue weighted by Gasteiger charge is -2.36. The van der Waals surface area contributed by atoms with Gasteiger partial charge in [-0.1, -0.05) is 11.2 Å². The highest BCUT2D eigenvalue weighted by Gasteiger charge is 2.24. The number of aliphatic imine (C=N–C) groups is 1. The Bertz CT molecular complexity index is 886. The Morgan fingerprint density at radius 3 is 2.66 bits per heavy atom. The van der Waals surface area contributed by atoms with E-state index in [1.165, 1.54) is 0 Å². The van der Waals surface area contributed by atoms with Gasteiger partial charge in [-0.25, -0.2) is 0 Å². The summed E-state index contributed by atoms with van der Waals surface area (Å²) in [6.07, 6.45) is 4.57. The van der Waals surface area contributed by atoms with Gasteiger partial charge in [0.2, 0.25) is 5.91 Å². The highest BCUT2D eigenvalue weighted by Crippen LogP contribution is 2.13. The van der Waals surface area contributed by atoms with Crippen molar-refractivity contribution in [3.8, 4) is 11.6 Å². The molecule has 10 nitrogen and oxygen atoms in total. The summed E-state index contributed by atoms with van der Waals surface area (Å²) in [5.74, 6) is 2.21. The van der Waals surface area contributed by atoms with Crippen molar-refractivity contribution < 1.29 is 9.32 Å². The Morgan fingerprint density at radius 2 is 1.94 bits per heavy atom. The van der Waals surface area contributed by atoms with E-state index in [4.69, 9.17) is 9.52 Å². The van der Waals surface area contributed by atoms with E-state index in [0.29, 0.717) is 36.9 Å². The second-order valence-corrected chi connectivity index (χ2v) is 8.07. The lowest BCUT2D eigenvalue weighted by atomic mass is 10.3. The number of nitrogens with one attached hydrogen (secondary N) is 1. The predicted octanol–water partition coefficient (Wildman–Crippen LogP) is 0.880. The van der Waals surface area contributed by atoms with Gasteiger partial charge < -0.3 is 19.6 Å². The minimum Gasteiger partial charge on any atom is -0.357 e. The molecule has 172 valence electrons. The second kappa shape index (κ2) is 11.0. The Labute approximate surface area is 188 Å². The van der Waals surface area contributed by atoms with E-state index in [0.717, 1.165) is 64.6 Å². The predicted molar refractivity (Wildman–Crippen MR) is 121 cm³/mol. The van der Waals surface area contributed by atoms with Crippen LogP contribution in [0, 0.1) is 0 Å². The summed E-state index contributed by atoms with van der Waals surface area (Å²) in [4.78, 5) is 32.3. The maximum atomic E-state index is 12.4. The molecule has 1 N–H and O–H groups in total. The van der Waals surface area contributed by atoms with E-state index >= 15 is 0 Å². The van der Waals surface area contributed by atoms with Crippen LogP contribution in [0.25, 0.3) is 11.6 Å². The minimum atomic E-state index is 0.265. The van der Waals surface area contributed by atoms with E-state index in [2.05, 4.69) is 37.2 Å². The van der Waals surface area contributed by atoms with Gasteiger partial charge in [0.1, 0.15) is 5.69 Å². The molecule has 0 saturated carbocycles. The molecule has 2 fully saturated rings. The third kappa shape index (κ3) is 5.82. The number of hydrogen-bond donors (Lipinski definition) is 1. The van der Waals surface area contributed by atoms with E-state index in [-0.39, 0.29) is 5.91 Å². The molecule has 1 amide bonds. The quantitative estimate of drug-likeness (QED) is 0.500. The second-order valence-electron chi connectivity index (χ2n) is 8.07. The lowest BCUT2D eigenvalue weighted by molar-refractivity contribution is -0.131. The van der Waals surface area contributed by atoms with Crippen molar-refractivity contribution in [2.45, 2.75) is 26.2 Å². The lowest BCUT2D eigenvalue weighted by Crippen LogP contribution is -2.54. The minimum absolute atomic E-state index is 0.265. The molecule has 0 aromatic carbocycles. The number of carbonyl (C=O) groups is 1. The summed E-state index contributed by atoms with van der Waals surface area (Å²) in [7, 11) is 0. The summed E-state index contributed by atoms with van der Waals surface area (Å²) in [6, 6.07) is 5.58. The van der Waals surface area contributed by atoms with Gasteiger partial charge in [0.25, 0.3) is 5.89 Å². The normalized spacial score (nSPS) is 17.7. The molecule has 32 heavy (non-hydrogen) atoms. The number of pyridine rings is 1. The average molecular weight is 441 g/mol. The number of rotatable bonds is 7. The molecule has 0 aliphatic carbocycles. The summed E-state index contributed by atoms with van der Waals surface area (Å²) in [5.41, 5.74) is 0.671. The average Bonchev–Trinajstić information content (AvgIpc) is 3.52. The van der Waals surface area contributed by atoms with E-state index in [1.807, 2.05) is 23.1 Å². The van der Waals surface area contributed by atoms with Gasteiger partial charge in [-0.15, -0.1) is 0 Å². The van der Waals surface area contributed by atoms with Crippen LogP contribution in [0.2, 0.25) is 0 Å². The molecule has 2 aromatic rings. The Hall–Kier alpha value is -3.01. The molecule has 0 unspecified atom stereocenters. The molecule has 0 bridgehead atoms. The maximum Gasteiger partial charge on any atom is 0.276 e. The van der Waals surface area contributed by atoms with Crippen LogP contribution in [0.5, 0.6) is 0 Å². The van der Waals surface area contributed by atoms with Crippen molar-refractivity contribution in [2.75, 3.05) is 58.9 Å². The van der Waals surface area contributed by atoms with Gasteiger partial charge >= 0.3 is 0 Å². The van der Waals surface area contributed by atoms with Crippen LogP contribution in [-0.4, -0.2) is 101 Å². The number of likely N-dealkylation sites (tertiary alicyclic amines) is 1. The van der Waals surface area contributed by atoms with Crippen LogP contribution in [0.4, 0.5) is 0 Å². The first-order valence-corrected chi connectivity index (χ1v) is 11.5. The van der Waals surface area contributed by atoms with Gasteiger partial charge in [-0.05, 0) is 31.9 Å². The highest BCUT2D eigenvalue weighted by atomic mass is 16.5. The molecule has 2 saturated heterocycles.